The van der Waals surface area contributed by atoms with Crippen LogP contribution in [0.3, 0.4) is 0 Å². The topological polar surface area (TPSA) is 52.8 Å². The standard InChI is InChI=1S/C9H11F6NO2/c1-5(2)3-6(16-18)4-7(17,8(10,11)12)9(13,14)15/h3,17-18H,4H2,1-2H3/b16-6-. The van der Waals surface area contributed by atoms with Crippen LogP contribution in [0, 0.1) is 0 Å². The number of allylic oxidation sites excluding steroid dienone is 2. The molecule has 3 nitrogen and oxygen atoms in total. The van der Waals surface area contributed by atoms with Crippen molar-refractivity contribution in [2.75, 3.05) is 0 Å². The summed E-state index contributed by atoms with van der Waals surface area (Å²) in [5.41, 5.74) is -5.56. The Kier molecular flexibility index (Phi) is 4.81. The van der Waals surface area contributed by atoms with Crippen LogP contribution in [0.4, 0.5) is 26.3 Å². The molecule has 0 atom stereocenters. The molecule has 18 heavy (non-hydrogen) atoms. The van der Waals surface area contributed by atoms with Crippen LogP contribution in [-0.2, 0) is 0 Å². The highest BCUT2D eigenvalue weighted by atomic mass is 19.4. The van der Waals surface area contributed by atoms with E-state index in [2.05, 4.69) is 5.16 Å². The summed E-state index contributed by atoms with van der Waals surface area (Å²) in [6.45, 7) is 2.76. The molecule has 0 aliphatic rings. The van der Waals surface area contributed by atoms with Gasteiger partial charge in [-0.2, -0.15) is 26.3 Å². The Morgan fingerprint density at radius 1 is 1.06 bits per heavy atom. The lowest BCUT2D eigenvalue weighted by molar-refractivity contribution is -0.365. The van der Waals surface area contributed by atoms with E-state index < -0.39 is 30.1 Å². The Balaban J connectivity index is 5.49. The first-order valence-electron chi connectivity index (χ1n) is 4.57. The van der Waals surface area contributed by atoms with Crippen molar-refractivity contribution in [3.8, 4) is 0 Å². The van der Waals surface area contributed by atoms with E-state index in [-0.39, 0.29) is 0 Å². The van der Waals surface area contributed by atoms with Gasteiger partial charge in [0, 0.05) is 6.42 Å². The van der Waals surface area contributed by atoms with Crippen molar-refractivity contribution in [3.63, 3.8) is 0 Å². The van der Waals surface area contributed by atoms with Crippen LogP contribution in [0.5, 0.6) is 0 Å². The molecule has 9 heteroatoms. The quantitative estimate of drug-likeness (QED) is 0.361. The summed E-state index contributed by atoms with van der Waals surface area (Å²) in [7, 11) is 0. The van der Waals surface area contributed by atoms with Crippen molar-refractivity contribution in [3.05, 3.63) is 11.6 Å². The maximum Gasteiger partial charge on any atom is 0.426 e. The number of alkyl halides is 6. The molecule has 0 rings (SSSR count). The maximum absolute atomic E-state index is 12.3. The minimum Gasteiger partial charge on any atom is -0.411 e. The number of hydrogen-bond acceptors (Lipinski definition) is 3. The van der Waals surface area contributed by atoms with Crippen LogP contribution in [0.1, 0.15) is 20.3 Å². The fourth-order valence-electron chi connectivity index (χ4n) is 1.07. The van der Waals surface area contributed by atoms with E-state index in [1.165, 1.54) is 13.8 Å². The highest BCUT2D eigenvalue weighted by molar-refractivity contribution is 5.95. The largest absolute Gasteiger partial charge is 0.426 e. The predicted octanol–water partition coefficient (Wildman–Crippen LogP) is 3.03. The van der Waals surface area contributed by atoms with Crippen molar-refractivity contribution in [2.45, 2.75) is 38.2 Å². The number of oxime groups is 1. The van der Waals surface area contributed by atoms with Gasteiger partial charge in [-0.15, -0.1) is 0 Å². The first-order chi connectivity index (χ1) is 7.85. The summed E-state index contributed by atoms with van der Waals surface area (Å²) in [6, 6.07) is 0. The van der Waals surface area contributed by atoms with Crippen LogP contribution >= 0.6 is 0 Å². The van der Waals surface area contributed by atoms with Gasteiger partial charge in [-0.3, -0.25) is 0 Å². The average molecular weight is 279 g/mol. The predicted molar refractivity (Wildman–Crippen MR) is 50.3 cm³/mol. The molecule has 0 aliphatic carbocycles. The lowest BCUT2D eigenvalue weighted by Crippen LogP contribution is -2.57. The van der Waals surface area contributed by atoms with Crippen LogP contribution in [0.25, 0.3) is 0 Å². The van der Waals surface area contributed by atoms with E-state index in [1.54, 1.807) is 0 Å². The van der Waals surface area contributed by atoms with E-state index in [0.29, 0.717) is 5.57 Å². The molecule has 0 heterocycles. The zero-order valence-electron chi connectivity index (χ0n) is 9.39. The third kappa shape index (κ3) is 3.62. The third-order valence-corrected chi connectivity index (χ3v) is 1.96. The molecule has 0 aromatic heterocycles. The molecule has 0 saturated carbocycles. The number of halogens is 6. The van der Waals surface area contributed by atoms with Crippen LogP contribution in [-0.4, -0.2) is 34.0 Å². The molecule has 2 N–H and O–H groups in total. The Morgan fingerprint density at radius 3 is 1.67 bits per heavy atom. The molecule has 0 amide bonds. The van der Waals surface area contributed by atoms with E-state index in [4.69, 9.17) is 10.3 Å². The summed E-state index contributed by atoms with van der Waals surface area (Å²) in [5, 5.41) is 19.5. The van der Waals surface area contributed by atoms with Crippen LogP contribution < -0.4 is 0 Å². The van der Waals surface area contributed by atoms with Crippen molar-refractivity contribution in [1.29, 1.82) is 0 Å². The average Bonchev–Trinajstić information content (AvgIpc) is 2.12. The molecule has 0 radical (unpaired) electrons. The fourth-order valence-corrected chi connectivity index (χ4v) is 1.07. The molecule has 0 aliphatic heterocycles. The molecule has 0 fully saturated rings. The van der Waals surface area contributed by atoms with Gasteiger partial charge in [0.15, 0.2) is 0 Å². The monoisotopic (exact) mass is 279 g/mol. The Labute approximate surface area is 98.4 Å². The first-order valence-corrected chi connectivity index (χ1v) is 4.57. The number of hydrogen-bond donors (Lipinski definition) is 2. The highest BCUT2D eigenvalue weighted by Crippen LogP contribution is 2.45. The zero-order valence-corrected chi connectivity index (χ0v) is 9.39. The Hall–Kier alpha value is -1.25. The number of nitrogens with zero attached hydrogens (tertiary/aromatic N) is 1. The number of aliphatic hydroxyl groups is 1. The second-order valence-corrected chi connectivity index (χ2v) is 3.85. The second kappa shape index (κ2) is 5.17. The van der Waals surface area contributed by atoms with Crippen molar-refractivity contribution in [2.24, 2.45) is 5.16 Å². The van der Waals surface area contributed by atoms with Gasteiger partial charge < -0.3 is 10.3 Å². The Bertz CT molecular complexity index is 337. The molecule has 0 aromatic carbocycles. The van der Waals surface area contributed by atoms with Crippen molar-refractivity contribution < 1.29 is 36.7 Å². The van der Waals surface area contributed by atoms with Gasteiger partial charge >= 0.3 is 12.4 Å². The smallest absolute Gasteiger partial charge is 0.411 e. The van der Waals surface area contributed by atoms with Crippen LogP contribution in [0.2, 0.25) is 0 Å². The molecule has 0 bridgehead atoms. The SMILES string of the molecule is CC(C)=C/C(CC(O)(C(F)(F)F)C(F)(F)F)=N/O. The first kappa shape index (κ1) is 16.8. The second-order valence-electron chi connectivity index (χ2n) is 3.85. The molecule has 0 spiro atoms. The fraction of sp³-hybridized carbons (Fsp3) is 0.667. The van der Waals surface area contributed by atoms with Crippen molar-refractivity contribution in [1.82, 2.24) is 0 Å². The van der Waals surface area contributed by atoms with Gasteiger partial charge in [0.05, 0.1) is 5.71 Å². The number of rotatable bonds is 3. The van der Waals surface area contributed by atoms with Gasteiger partial charge in [-0.05, 0) is 19.9 Å². The van der Waals surface area contributed by atoms with E-state index >= 15 is 0 Å². The maximum atomic E-state index is 12.3. The van der Waals surface area contributed by atoms with Gasteiger partial charge in [-0.1, -0.05) is 10.7 Å². The summed E-state index contributed by atoms with van der Waals surface area (Å²) in [5.74, 6) is 0. The summed E-state index contributed by atoms with van der Waals surface area (Å²) < 4.78 is 73.8. The van der Waals surface area contributed by atoms with Crippen LogP contribution in [0.15, 0.2) is 16.8 Å². The molecule has 106 valence electrons. The third-order valence-electron chi connectivity index (χ3n) is 1.96. The summed E-state index contributed by atoms with van der Waals surface area (Å²) in [6.07, 6.45) is -13.0. The zero-order chi connectivity index (χ0) is 14.8. The summed E-state index contributed by atoms with van der Waals surface area (Å²) in [4.78, 5) is 0. The lowest BCUT2D eigenvalue weighted by atomic mass is 9.94. The molecular weight excluding hydrogens is 268 g/mol. The normalized spacial score (nSPS) is 14.6. The lowest BCUT2D eigenvalue weighted by Gasteiger charge is -2.32. The molecule has 0 saturated heterocycles. The van der Waals surface area contributed by atoms with Gasteiger partial charge in [0.2, 0.25) is 0 Å². The molecule has 0 unspecified atom stereocenters. The van der Waals surface area contributed by atoms with Gasteiger partial charge in [0.1, 0.15) is 0 Å². The molecular formula is C9H11F6NO2. The van der Waals surface area contributed by atoms with Gasteiger partial charge in [-0.25, -0.2) is 0 Å². The minimum atomic E-state index is -5.93. The van der Waals surface area contributed by atoms with E-state index in [1.807, 2.05) is 0 Å². The summed E-state index contributed by atoms with van der Waals surface area (Å²) >= 11 is 0. The molecule has 0 aromatic rings. The minimum absolute atomic E-state index is 0.314. The van der Waals surface area contributed by atoms with E-state index in [9.17, 15) is 26.3 Å². The van der Waals surface area contributed by atoms with Gasteiger partial charge in [0.25, 0.3) is 5.60 Å². The van der Waals surface area contributed by atoms with Crippen molar-refractivity contribution >= 4 is 5.71 Å². The van der Waals surface area contributed by atoms with E-state index in [0.717, 1.165) is 6.08 Å². The Morgan fingerprint density at radius 2 is 1.44 bits per heavy atom. The highest BCUT2D eigenvalue weighted by Gasteiger charge is 2.70.